The van der Waals surface area contributed by atoms with Crippen molar-refractivity contribution in [2.45, 2.75) is 57.9 Å². The summed E-state index contributed by atoms with van der Waals surface area (Å²) in [5.41, 5.74) is 2.06. The molecule has 8 nitrogen and oxygen atoms in total. The van der Waals surface area contributed by atoms with E-state index in [0.29, 0.717) is 34.0 Å². The molecule has 0 aliphatic carbocycles. The summed E-state index contributed by atoms with van der Waals surface area (Å²) in [4.78, 5) is 37.5. The molecule has 1 aliphatic heterocycles. The molecule has 1 saturated heterocycles. The van der Waals surface area contributed by atoms with Crippen molar-refractivity contribution in [2.75, 3.05) is 24.3 Å². The Labute approximate surface area is 219 Å². The van der Waals surface area contributed by atoms with E-state index in [0.717, 1.165) is 41.7 Å². The van der Waals surface area contributed by atoms with Crippen LogP contribution < -0.4 is 10.6 Å². The van der Waals surface area contributed by atoms with Crippen LogP contribution in [-0.2, 0) is 4.79 Å². The maximum atomic E-state index is 12.9. The van der Waals surface area contributed by atoms with Crippen LogP contribution in [0.4, 0.5) is 10.7 Å². The van der Waals surface area contributed by atoms with Crippen LogP contribution in [0, 0.1) is 12.3 Å². The smallest absolute Gasteiger partial charge is 0.265 e. The first kappa shape index (κ1) is 26.4. The third-order valence-electron chi connectivity index (χ3n) is 5.85. The molecule has 0 unspecified atom stereocenters. The molecule has 2 amide bonds. The SMILES string of the molecule is C=Nc1sc(C(=O)Nc2ccc3oc(C)nc3c2)cc1SCN1CCC(NC(=O)CC(C)(C)C)CC1. The Morgan fingerprint density at radius 3 is 2.72 bits per heavy atom. The fraction of sp³-hybridized carbons (Fsp3) is 0.462. The highest BCUT2D eigenvalue weighted by atomic mass is 32.2. The van der Waals surface area contributed by atoms with Crippen molar-refractivity contribution in [1.29, 1.82) is 0 Å². The monoisotopic (exact) mass is 527 g/mol. The van der Waals surface area contributed by atoms with Crippen molar-refractivity contribution in [2.24, 2.45) is 10.4 Å². The molecule has 1 aromatic carbocycles. The van der Waals surface area contributed by atoms with Gasteiger partial charge in [-0.1, -0.05) is 20.8 Å². The number of nitrogens with zero attached hydrogens (tertiary/aromatic N) is 3. The van der Waals surface area contributed by atoms with Crippen LogP contribution in [0.5, 0.6) is 0 Å². The zero-order valence-electron chi connectivity index (χ0n) is 21.2. The molecular formula is C26H33N5O3S2. The van der Waals surface area contributed by atoms with Crippen molar-refractivity contribution in [3.63, 3.8) is 0 Å². The average molecular weight is 528 g/mol. The second-order valence-corrected chi connectivity index (χ2v) is 12.3. The quantitative estimate of drug-likeness (QED) is 0.282. The van der Waals surface area contributed by atoms with Gasteiger partial charge in [-0.15, -0.1) is 23.1 Å². The van der Waals surface area contributed by atoms with E-state index in [4.69, 9.17) is 4.42 Å². The fourth-order valence-electron chi connectivity index (χ4n) is 4.13. The van der Waals surface area contributed by atoms with E-state index >= 15 is 0 Å². The number of amides is 2. The van der Waals surface area contributed by atoms with Gasteiger partial charge >= 0.3 is 0 Å². The van der Waals surface area contributed by atoms with Gasteiger partial charge in [0.15, 0.2) is 11.5 Å². The van der Waals surface area contributed by atoms with Gasteiger partial charge in [-0.05, 0) is 49.2 Å². The molecule has 0 saturated carbocycles. The molecule has 4 rings (SSSR count). The van der Waals surface area contributed by atoms with Gasteiger partial charge in [-0.3, -0.25) is 19.5 Å². The zero-order valence-corrected chi connectivity index (χ0v) is 22.9. The second-order valence-electron chi connectivity index (χ2n) is 10.3. The molecule has 192 valence electrons. The largest absolute Gasteiger partial charge is 0.441 e. The molecule has 10 heteroatoms. The third kappa shape index (κ3) is 6.96. The van der Waals surface area contributed by atoms with Gasteiger partial charge in [0.2, 0.25) is 5.91 Å². The molecule has 0 bridgehead atoms. The van der Waals surface area contributed by atoms with E-state index in [1.165, 1.54) is 11.3 Å². The number of aromatic nitrogens is 1. The Morgan fingerprint density at radius 2 is 2.03 bits per heavy atom. The highest BCUT2D eigenvalue weighted by Crippen LogP contribution is 2.38. The van der Waals surface area contributed by atoms with E-state index < -0.39 is 0 Å². The zero-order chi connectivity index (χ0) is 25.9. The van der Waals surface area contributed by atoms with E-state index in [-0.39, 0.29) is 23.3 Å². The maximum Gasteiger partial charge on any atom is 0.265 e. The molecular weight excluding hydrogens is 494 g/mol. The lowest BCUT2D eigenvalue weighted by atomic mass is 9.91. The van der Waals surface area contributed by atoms with Gasteiger partial charge in [0.25, 0.3) is 5.91 Å². The number of oxazole rings is 1. The Kier molecular flexibility index (Phi) is 8.17. The second kappa shape index (κ2) is 11.1. The number of nitrogens with one attached hydrogen (secondary N) is 2. The Hall–Kier alpha value is -2.69. The molecule has 3 aromatic rings. The van der Waals surface area contributed by atoms with Gasteiger partial charge in [-0.25, -0.2) is 4.98 Å². The minimum Gasteiger partial charge on any atom is -0.441 e. The number of carbonyl (C=O) groups is 2. The summed E-state index contributed by atoms with van der Waals surface area (Å²) in [5, 5.41) is 6.87. The predicted molar refractivity (Wildman–Crippen MR) is 148 cm³/mol. The lowest BCUT2D eigenvalue weighted by molar-refractivity contribution is -0.123. The number of thiophene rings is 1. The number of likely N-dealkylation sites (tertiary alicyclic amines) is 1. The number of hydrogen-bond acceptors (Lipinski definition) is 8. The highest BCUT2D eigenvalue weighted by Gasteiger charge is 2.24. The number of anilines is 1. The Morgan fingerprint density at radius 1 is 1.28 bits per heavy atom. The lowest BCUT2D eigenvalue weighted by Gasteiger charge is -2.32. The van der Waals surface area contributed by atoms with Crippen LogP contribution >= 0.6 is 23.1 Å². The van der Waals surface area contributed by atoms with Crippen LogP contribution in [0.2, 0.25) is 0 Å². The number of benzene rings is 1. The summed E-state index contributed by atoms with van der Waals surface area (Å²) >= 11 is 2.99. The van der Waals surface area contributed by atoms with Crippen LogP contribution in [-0.4, -0.2) is 53.4 Å². The molecule has 2 aromatic heterocycles. The number of rotatable bonds is 8. The number of thioether (sulfide) groups is 1. The van der Waals surface area contributed by atoms with Crippen molar-refractivity contribution in [1.82, 2.24) is 15.2 Å². The van der Waals surface area contributed by atoms with E-state index in [9.17, 15) is 9.59 Å². The van der Waals surface area contributed by atoms with Crippen molar-refractivity contribution in [3.05, 3.63) is 35.0 Å². The van der Waals surface area contributed by atoms with Crippen LogP contribution in [0.3, 0.4) is 0 Å². The van der Waals surface area contributed by atoms with Crippen LogP contribution in [0.25, 0.3) is 11.1 Å². The molecule has 2 N–H and O–H groups in total. The molecule has 1 aliphatic rings. The number of piperidine rings is 1. The summed E-state index contributed by atoms with van der Waals surface area (Å²) in [6, 6.07) is 7.53. The van der Waals surface area contributed by atoms with Crippen molar-refractivity contribution >= 4 is 63.4 Å². The van der Waals surface area contributed by atoms with Crippen LogP contribution in [0.1, 0.15) is 55.6 Å². The summed E-state index contributed by atoms with van der Waals surface area (Å²) in [5.74, 6) is 1.33. The summed E-state index contributed by atoms with van der Waals surface area (Å²) in [6.45, 7) is 13.6. The highest BCUT2D eigenvalue weighted by molar-refractivity contribution is 7.99. The number of fused-ring (bicyclic) bond motifs is 1. The normalized spacial score (nSPS) is 15.2. The van der Waals surface area contributed by atoms with Gasteiger partial charge in [0, 0.05) is 48.9 Å². The first-order valence-electron chi connectivity index (χ1n) is 12.0. The molecule has 0 spiro atoms. The van der Waals surface area contributed by atoms with Gasteiger partial charge in [0.1, 0.15) is 10.5 Å². The van der Waals surface area contributed by atoms with Crippen molar-refractivity contribution < 1.29 is 14.0 Å². The topological polar surface area (TPSA) is 99.8 Å². The predicted octanol–water partition coefficient (Wildman–Crippen LogP) is 5.85. The first-order valence-corrected chi connectivity index (χ1v) is 13.8. The van der Waals surface area contributed by atoms with E-state index in [2.05, 4.69) is 53.0 Å². The van der Waals surface area contributed by atoms with Gasteiger partial charge in [-0.2, -0.15) is 0 Å². The van der Waals surface area contributed by atoms with Crippen LogP contribution in [0.15, 0.2) is 38.6 Å². The molecule has 0 atom stereocenters. The van der Waals surface area contributed by atoms with E-state index in [1.54, 1.807) is 36.9 Å². The lowest BCUT2D eigenvalue weighted by Crippen LogP contribution is -2.45. The van der Waals surface area contributed by atoms with Crippen molar-refractivity contribution in [3.8, 4) is 0 Å². The maximum absolute atomic E-state index is 12.9. The molecule has 36 heavy (non-hydrogen) atoms. The first-order chi connectivity index (χ1) is 17.1. The van der Waals surface area contributed by atoms with Gasteiger partial charge in [0.05, 0.1) is 4.88 Å². The molecule has 0 radical (unpaired) electrons. The fourth-order valence-corrected chi connectivity index (χ4v) is 6.23. The minimum atomic E-state index is -0.192. The molecule has 1 fully saturated rings. The summed E-state index contributed by atoms with van der Waals surface area (Å²) in [6.07, 6.45) is 2.42. The summed E-state index contributed by atoms with van der Waals surface area (Å²) in [7, 11) is 0. The Bertz CT molecular complexity index is 1250. The van der Waals surface area contributed by atoms with E-state index in [1.807, 2.05) is 6.07 Å². The Balaban J connectivity index is 1.29. The number of aryl methyl sites for hydroxylation is 1. The standard InChI is InChI=1S/C26H33N5O3S2/c1-16-28-19-12-18(6-7-20(19)34-16)30-24(33)21-13-22(25(27-5)36-21)35-15-31-10-8-17(9-11-31)29-23(32)14-26(2,3)4/h6-7,12-13,17H,5,8-11,14-15H2,1-4H3,(H,29,32)(H,30,33). The molecule has 3 heterocycles. The van der Waals surface area contributed by atoms with Gasteiger partial charge < -0.3 is 15.1 Å². The third-order valence-corrected chi connectivity index (χ3v) is 8.16. The number of hydrogen-bond donors (Lipinski definition) is 2. The average Bonchev–Trinajstić information content (AvgIpc) is 3.39. The minimum absolute atomic E-state index is 0.00163. The summed E-state index contributed by atoms with van der Waals surface area (Å²) < 4.78 is 5.50. The number of aliphatic imine (C=N–C) groups is 1. The number of carbonyl (C=O) groups excluding carboxylic acids is 2.